The summed E-state index contributed by atoms with van der Waals surface area (Å²) in [4.78, 5) is 12.2. The van der Waals surface area contributed by atoms with Gasteiger partial charge in [0.25, 0.3) is 5.91 Å². The summed E-state index contributed by atoms with van der Waals surface area (Å²) in [6, 6.07) is 8.88. The second-order valence-electron chi connectivity index (χ2n) is 4.16. The van der Waals surface area contributed by atoms with Gasteiger partial charge in [-0.1, -0.05) is 11.6 Å². The van der Waals surface area contributed by atoms with Crippen molar-refractivity contribution in [2.45, 2.75) is 6.54 Å². The molecule has 0 spiro atoms. The van der Waals surface area contributed by atoms with Crippen molar-refractivity contribution < 1.29 is 9.53 Å². The summed E-state index contributed by atoms with van der Waals surface area (Å²) in [5.74, 6) is -0.176. The Labute approximate surface area is 130 Å². The van der Waals surface area contributed by atoms with E-state index in [0.717, 1.165) is 4.47 Å². The molecule has 1 aromatic heterocycles. The Morgan fingerprint density at radius 2 is 2.25 bits per heavy atom. The van der Waals surface area contributed by atoms with E-state index in [1.54, 1.807) is 31.4 Å². The maximum absolute atomic E-state index is 12.2. The van der Waals surface area contributed by atoms with Crippen LogP contribution in [-0.4, -0.2) is 24.2 Å². The summed E-state index contributed by atoms with van der Waals surface area (Å²) in [5.41, 5.74) is 1.24. The van der Waals surface area contributed by atoms with Crippen LogP contribution in [0.25, 0.3) is 0 Å². The van der Waals surface area contributed by atoms with E-state index >= 15 is 0 Å². The number of nitrogens with one attached hydrogen (secondary N) is 1. The molecule has 0 bridgehead atoms. The SMILES string of the molecule is COCCn1cccc1C(=O)Nc1ccc(Br)c(Cl)c1. The van der Waals surface area contributed by atoms with Crippen molar-refractivity contribution in [2.24, 2.45) is 0 Å². The van der Waals surface area contributed by atoms with E-state index in [4.69, 9.17) is 16.3 Å². The Morgan fingerprint density at radius 3 is 2.95 bits per heavy atom. The molecular weight excluding hydrogens is 344 g/mol. The van der Waals surface area contributed by atoms with Gasteiger partial charge in [-0.25, -0.2) is 0 Å². The fourth-order valence-electron chi connectivity index (χ4n) is 1.77. The van der Waals surface area contributed by atoms with Crippen LogP contribution in [0.4, 0.5) is 5.69 Å². The fraction of sp³-hybridized carbons (Fsp3) is 0.214. The summed E-state index contributed by atoms with van der Waals surface area (Å²) in [6.07, 6.45) is 1.85. The topological polar surface area (TPSA) is 43.3 Å². The number of hydrogen-bond acceptors (Lipinski definition) is 2. The first-order chi connectivity index (χ1) is 9.61. The van der Waals surface area contributed by atoms with Crippen LogP contribution in [0.15, 0.2) is 41.0 Å². The number of hydrogen-bond donors (Lipinski definition) is 1. The van der Waals surface area contributed by atoms with Crippen LogP contribution in [0.3, 0.4) is 0 Å². The molecular formula is C14H14BrClN2O2. The standard InChI is InChI=1S/C14H14BrClN2O2/c1-20-8-7-18-6-2-3-13(18)14(19)17-10-4-5-11(15)12(16)9-10/h2-6,9H,7-8H2,1H3,(H,17,19). The number of benzene rings is 1. The summed E-state index contributed by atoms with van der Waals surface area (Å²) in [5, 5.41) is 3.38. The molecule has 6 heteroatoms. The van der Waals surface area contributed by atoms with Gasteiger partial charge in [0.05, 0.1) is 11.6 Å². The lowest BCUT2D eigenvalue weighted by Gasteiger charge is -2.10. The van der Waals surface area contributed by atoms with Gasteiger partial charge in [-0.3, -0.25) is 4.79 Å². The summed E-state index contributed by atoms with van der Waals surface area (Å²) in [7, 11) is 1.63. The zero-order chi connectivity index (χ0) is 14.5. The first kappa shape index (κ1) is 15.1. The number of nitrogens with zero attached hydrogens (tertiary/aromatic N) is 1. The summed E-state index contributed by atoms with van der Waals surface area (Å²) >= 11 is 9.31. The van der Waals surface area contributed by atoms with Gasteiger partial charge in [0.15, 0.2) is 0 Å². The number of anilines is 1. The molecule has 0 atom stereocenters. The lowest BCUT2D eigenvalue weighted by atomic mass is 10.3. The van der Waals surface area contributed by atoms with Crippen molar-refractivity contribution in [3.63, 3.8) is 0 Å². The molecule has 0 aliphatic rings. The highest BCUT2D eigenvalue weighted by Gasteiger charge is 2.11. The Kier molecular flexibility index (Phi) is 5.23. The van der Waals surface area contributed by atoms with Crippen molar-refractivity contribution in [3.8, 4) is 0 Å². The maximum Gasteiger partial charge on any atom is 0.272 e. The lowest BCUT2D eigenvalue weighted by molar-refractivity contribution is 0.101. The first-order valence-electron chi connectivity index (χ1n) is 6.02. The molecule has 0 aliphatic heterocycles. The van der Waals surface area contributed by atoms with Gasteiger partial charge in [-0.15, -0.1) is 0 Å². The minimum Gasteiger partial charge on any atom is -0.383 e. The van der Waals surface area contributed by atoms with Gasteiger partial charge < -0.3 is 14.6 Å². The van der Waals surface area contributed by atoms with Crippen molar-refractivity contribution in [1.29, 1.82) is 0 Å². The highest BCUT2D eigenvalue weighted by atomic mass is 79.9. The average Bonchev–Trinajstić information content (AvgIpc) is 2.89. The molecule has 1 aromatic carbocycles. The highest BCUT2D eigenvalue weighted by molar-refractivity contribution is 9.10. The van der Waals surface area contributed by atoms with E-state index in [1.165, 1.54) is 0 Å². The third kappa shape index (κ3) is 3.62. The van der Waals surface area contributed by atoms with E-state index in [2.05, 4.69) is 21.2 Å². The van der Waals surface area contributed by atoms with E-state index in [0.29, 0.717) is 29.6 Å². The third-order valence-electron chi connectivity index (χ3n) is 2.78. The smallest absolute Gasteiger partial charge is 0.272 e. The van der Waals surface area contributed by atoms with Gasteiger partial charge >= 0.3 is 0 Å². The van der Waals surface area contributed by atoms with Gasteiger partial charge in [0.2, 0.25) is 0 Å². The molecule has 0 unspecified atom stereocenters. The van der Waals surface area contributed by atoms with Crippen molar-refractivity contribution in [3.05, 3.63) is 51.7 Å². The van der Waals surface area contributed by atoms with E-state index in [-0.39, 0.29) is 5.91 Å². The number of aromatic nitrogens is 1. The van der Waals surface area contributed by atoms with Crippen LogP contribution in [0.1, 0.15) is 10.5 Å². The monoisotopic (exact) mass is 356 g/mol. The molecule has 1 heterocycles. The molecule has 1 amide bonds. The molecule has 4 nitrogen and oxygen atoms in total. The predicted octanol–water partition coefficient (Wildman–Crippen LogP) is 3.80. The van der Waals surface area contributed by atoms with E-state index in [1.807, 2.05) is 16.8 Å². The minimum atomic E-state index is -0.176. The Bertz CT molecular complexity index is 613. The second-order valence-corrected chi connectivity index (χ2v) is 5.42. The first-order valence-corrected chi connectivity index (χ1v) is 7.19. The highest BCUT2D eigenvalue weighted by Crippen LogP contribution is 2.25. The van der Waals surface area contributed by atoms with Gasteiger partial charge in [0, 0.05) is 30.0 Å². The van der Waals surface area contributed by atoms with Gasteiger partial charge in [0.1, 0.15) is 5.69 Å². The predicted molar refractivity (Wildman–Crippen MR) is 83.4 cm³/mol. The molecule has 2 aromatic rings. The van der Waals surface area contributed by atoms with Crippen LogP contribution >= 0.6 is 27.5 Å². The number of halogens is 2. The van der Waals surface area contributed by atoms with Gasteiger partial charge in [-0.05, 0) is 46.3 Å². The third-order valence-corrected chi connectivity index (χ3v) is 4.01. The van der Waals surface area contributed by atoms with E-state index < -0.39 is 0 Å². The summed E-state index contributed by atoms with van der Waals surface area (Å²) < 4.78 is 7.66. The number of rotatable bonds is 5. The second kappa shape index (κ2) is 6.92. The Balaban J connectivity index is 2.11. The number of amides is 1. The number of carbonyl (C=O) groups excluding carboxylic acids is 1. The van der Waals surface area contributed by atoms with Gasteiger partial charge in [-0.2, -0.15) is 0 Å². The minimum absolute atomic E-state index is 0.176. The quantitative estimate of drug-likeness (QED) is 0.884. The molecule has 0 saturated carbocycles. The molecule has 2 rings (SSSR count). The zero-order valence-electron chi connectivity index (χ0n) is 10.9. The van der Waals surface area contributed by atoms with E-state index in [9.17, 15) is 4.79 Å². The fourth-order valence-corrected chi connectivity index (χ4v) is 2.20. The molecule has 0 fully saturated rings. The maximum atomic E-state index is 12.2. The molecule has 106 valence electrons. The van der Waals surface area contributed by atoms with Crippen LogP contribution in [0.5, 0.6) is 0 Å². The normalized spacial score (nSPS) is 10.6. The number of ether oxygens (including phenoxy) is 1. The molecule has 0 saturated heterocycles. The Morgan fingerprint density at radius 1 is 1.45 bits per heavy atom. The lowest BCUT2D eigenvalue weighted by Crippen LogP contribution is -2.18. The summed E-state index contributed by atoms with van der Waals surface area (Å²) in [6.45, 7) is 1.19. The number of carbonyl (C=O) groups is 1. The van der Waals surface area contributed by atoms with Crippen LogP contribution in [0.2, 0.25) is 5.02 Å². The molecule has 20 heavy (non-hydrogen) atoms. The van der Waals surface area contributed by atoms with Crippen LogP contribution in [0, 0.1) is 0 Å². The van der Waals surface area contributed by atoms with Crippen LogP contribution in [-0.2, 0) is 11.3 Å². The molecule has 0 aliphatic carbocycles. The van der Waals surface area contributed by atoms with Crippen LogP contribution < -0.4 is 5.32 Å². The van der Waals surface area contributed by atoms with Crippen molar-refractivity contribution in [2.75, 3.05) is 19.0 Å². The molecule has 1 N–H and O–H groups in total. The molecule has 0 radical (unpaired) electrons. The zero-order valence-corrected chi connectivity index (χ0v) is 13.2. The largest absolute Gasteiger partial charge is 0.383 e. The van der Waals surface area contributed by atoms with Crippen molar-refractivity contribution >= 4 is 39.1 Å². The van der Waals surface area contributed by atoms with Crippen molar-refractivity contribution in [1.82, 2.24) is 4.57 Å². The number of methoxy groups -OCH3 is 1. The average molecular weight is 358 g/mol. The Hall–Kier alpha value is -1.30.